The normalized spacial score (nSPS) is 42.3. The van der Waals surface area contributed by atoms with Gasteiger partial charge < -0.3 is 25.1 Å². The topological polar surface area (TPSA) is 108 Å². The standard InChI is InChI=1S/C31H38FNO6/c1-4-5-27-38-26-14-21-20-8-6-17-12-18(34)10-11-29(17,2)28(20)24(35)15-30(21,3)31(26,39-27)25(36)16-37-19-7-9-23(33)22(32)13-19/h7,9-13,20-21,24,26-28,35H,4-6,8,14-16,33H2,1-3H3/t20-,21?,24-,26+,27-,28+,29-,30-,31+/m0/s1. The molecule has 4 fully saturated rings. The second kappa shape index (κ2) is 9.25. The molecular formula is C31H38FNO6. The fourth-order valence-electron chi connectivity index (χ4n) is 8.86. The summed E-state index contributed by atoms with van der Waals surface area (Å²) in [4.78, 5) is 26.3. The summed E-state index contributed by atoms with van der Waals surface area (Å²) < 4.78 is 32.9. The maximum Gasteiger partial charge on any atom is 0.205 e. The molecule has 3 saturated carbocycles. The van der Waals surface area contributed by atoms with E-state index in [4.69, 9.17) is 19.9 Å². The van der Waals surface area contributed by atoms with Gasteiger partial charge in [-0.1, -0.05) is 38.8 Å². The van der Waals surface area contributed by atoms with Crippen molar-refractivity contribution < 1.29 is 33.3 Å². The summed E-state index contributed by atoms with van der Waals surface area (Å²) in [7, 11) is 0. The maximum atomic E-state index is 14.2. The number of hydrogen-bond donors (Lipinski definition) is 2. The number of rotatable bonds is 6. The van der Waals surface area contributed by atoms with Crippen LogP contribution in [0.25, 0.3) is 0 Å². The number of benzene rings is 1. The third kappa shape index (κ3) is 3.78. The Kier molecular flexibility index (Phi) is 6.32. The quantitative estimate of drug-likeness (QED) is 0.512. The third-order valence-corrected chi connectivity index (χ3v) is 10.6. The molecule has 0 amide bonds. The van der Waals surface area contributed by atoms with Gasteiger partial charge in [0.25, 0.3) is 0 Å². The second-order valence-corrected chi connectivity index (χ2v) is 12.5. The number of aliphatic hydroxyl groups is 1. The van der Waals surface area contributed by atoms with Crippen molar-refractivity contribution in [3.63, 3.8) is 0 Å². The van der Waals surface area contributed by atoms with Gasteiger partial charge in [-0.3, -0.25) is 9.59 Å². The molecule has 8 heteroatoms. The van der Waals surface area contributed by atoms with Crippen molar-refractivity contribution in [2.24, 2.45) is 28.6 Å². The molecule has 7 nitrogen and oxygen atoms in total. The Morgan fingerprint density at radius 1 is 1.31 bits per heavy atom. The highest BCUT2D eigenvalue weighted by Crippen LogP contribution is 2.69. The molecule has 3 N–H and O–H groups in total. The van der Waals surface area contributed by atoms with Gasteiger partial charge in [0.1, 0.15) is 18.2 Å². The largest absolute Gasteiger partial charge is 0.486 e. The molecular weight excluding hydrogens is 501 g/mol. The molecule has 1 unspecified atom stereocenters. The number of Topliss-reactive ketones (excluding diaryl/α,β-unsaturated/α-hetero) is 1. The van der Waals surface area contributed by atoms with Gasteiger partial charge in [0.15, 0.2) is 17.7 Å². The zero-order chi connectivity index (χ0) is 27.7. The molecule has 210 valence electrons. The summed E-state index contributed by atoms with van der Waals surface area (Å²) in [5.74, 6) is -0.476. The van der Waals surface area contributed by atoms with Crippen LogP contribution in [-0.2, 0) is 19.1 Å². The van der Waals surface area contributed by atoms with Crippen molar-refractivity contribution in [3.8, 4) is 5.75 Å². The minimum Gasteiger partial charge on any atom is -0.486 e. The predicted octanol–water partition coefficient (Wildman–Crippen LogP) is 4.52. The lowest BCUT2D eigenvalue weighted by molar-refractivity contribution is -0.200. The Morgan fingerprint density at radius 2 is 2.10 bits per heavy atom. The summed E-state index contributed by atoms with van der Waals surface area (Å²) in [6.45, 7) is 5.95. The van der Waals surface area contributed by atoms with Gasteiger partial charge in [-0.15, -0.1) is 0 Å². The second-order valence-electron chi connectivity index (χ2n) is 12.5. The zero-order valence-corrected chi connectivity index (χ0v) is 22.8. The molecule has 5 aliphatic rings. The average molecular weight is 540 g/mol. The van der Waals surface area contributed by atoms with Gasteiger partial charge in [-0.2, -0.15) is 0 Å². The van der Waals surface area contributed by atoms with E-state index in [1.807, 2.05) is 13.0 Å². The first-order chi connectivity index (χ1) is 18.5. The molecule has 1 aromatic rings. The molecule has 39 heavy (non-hydrogen) atoms. The van der Waals surface area contributed by atoms with Gasteiger partial charge in [-0.05, 0) is 68.2 Å². The van der Waals surface area contributed by atoms with Crippen LogP contribution in [0.1, 0.15) is 59.3 Å². The fraction of sp³-hybridized carbons (Fsp3) is 0.613. The van der Waals surface area contributed by atoms with Gasteiger partial charge >= 0.3 is 0 Å². The van der Waals surface area contributed by atoms with Crippen LogP contribution in [0.3, 0.4) is 0 Å². The number of carbonyl (C=O) groups excluding carboxylic acids is 2. The number of hydrogen-bond acceptors (Lipinski definition) is 7. The summed E-state index contributed by atoms with van der Waals surface area (Å²) in [6.07, 6.45) is 7.86. The van der Waals surface area contributed by atoms with E-state index in [0.717, 1.165) is 24.8 Å². The highest BCUT2D eigenvalue weighted by Gasteiger charge is 2.75. The van der Waals surface area contributed by atoms with E-state index in [1.165, 1.54) is 18.2 Å². The molecule has 1 aromatic carbocycles. The Morgan fingerprint density at radius 3 is 2.85 bits per heavy atom. The summed E-state index contributed by atoms with van der Waals surface area (Å²) in [6, 6.07) is 4.12. The van der Waals surface area contributed by atoms with Crippen LogP contribution in [0.2, 0.25) is 0 Å². The molecule has 9 atom stereocenters. The lowest BCUT2D eigenvalue weighted by Gasteiger charge is -2.59. The molecule has 0 spiro atoms. The van der Waals surface area contributed by atoms with E-state index in [2.05, 4.69) is 13.8 Å². The fourth-order valence-corrected chi connectivity index (χ4v) is 8.86. The number of carbonyl (C=O) groups is 2. The first kappa shape index (κ1) is 26.7. The number of ketones is 2. The van der Waals surface area contributed by atoms with Crippen LogP contribution in [0.5, 0.6) is 5.75 Å². The van der Waals surface area contributed by atoms with Crippen molar-refractivity contribution in [3.05, 3.63) is 47.8 Å². The van der Waals surface area contributed by atoms with E-state index < -0.39 is 40.7 Å². The van der Waals surface area contributed by atoms with Gasteiger partial charge in [0, 0.05) is 22.8 Å². The van der Waals surface area contributed by atoms with Gasteiger partial charge in [0.2, 0.25) is 5.78 Å². The average Bonchev–Trinajstić information content (AvgIpc) is 3.37. The van der Waals surface area contributed by atoms with Crippen LogP contribution in [-0.4, -0.2) is 47.4 Å². The maximum absolute atomic E-state index is 14.2. The van der Waals surface area contributed by atoms with Crippen LogP contribution >= 0.6 is 0 Å². The van der Waals surface area contributed by atoms with Crippen LogP contribution in [0.4, 0.5) is 10.1 Å². The number of allylic oxidation sites excluding steroid dienone is 4. The highest BCUT2D eigenvalue weighted by atomic mass is 19.1. The first-order valence-electron chi connectivity index (χ1n) is 14.2. The van der Waals surface area contributed by atoms with E-state index in [-0.39, 0.29) is 47.4 Å². The number of nitrogen functional groups attached to an aromatic ring is 1. The van der Waals surface area contributed by atoms with Gasteiger partial charge in [-0.25, -0.2) is 4.39 Å². The molecule has 0 aromatic heterocycles. The van der Waals surface area contributed by atoms with Crippen LogP contribution < -0.4 is 10.5 Å². The zero-order valence-electron chi connectivity index (χ0n) is 22.8. The molecule has 0 radical (unpaired) electrons. The van der Waals surface area contributed by atoms with Crippen molar-refractivity contribution in [1.29, 1.82) is 0 Å². The number of anilines is 1. The minimum absolute atomic E-state index is 0.000704. The Labute approximate surface area is 228 Å². The molecule has 1 heterocycles. The third-order valence-electron chi connectivity index (χ3n) is 10.6. The SMILES string of the molecule is CCC[C@H]1O[C@@H]2CC3[C@@H]4CCC5=CC(=O)C=C[C@]5(C)[C@H]4[C@@H](O)C[C@]3(C)[C@]2(C(=O)COc2ccc(N)c(F)c2)O1. The van der Waals surface area contributed by atoms with Crippen molar-refractivity contribution >= 4 is 17.3 Å². The Hall–Kier alpha value is -2.55. The van der Waals surface area contributed by atoms with E-state index in [0.29, 0.717) is 19.3 Å². The highest BCUT2D eigenvalue weighted by molar-refractivity contribution is 6.01. The van der Waals surface area contributed by atoms with Gasteiger partial charge in [0.05, 0.1) is 17.9 Å². The number of ether oxygens (including phenoxy) is 3. The lowest BCUT2D eigenvalue weighted by Crippen LogP contribution is -2.63. The van der Waals surface area contributed by atoms with Crippen LogP contribution in [0.15, 0.2) is 42.0 Å². The minimum atomic E-state index is -1.27. The molecule has 1 saturated heterocycles. The Bertz CT molecular complexity index is 1260. The summed E-state index contributed by atoms with van der Waals surface area (Å²) in [5.41, 5.74) is 4.33. The lowest BCUT2D eigenvalue weighted by atomic mass is 9.46. The molecule has 1 aliphatic heterocycles. The molecule has 6 rings (SSSR count). The van der Waals surface area contributed by atoms with Crippen molar-refractivity contribution in [1.82, 2.24) is 0 Å². The summed E-state index contributed by atoms with van der Waals surface area (Å²) >= 11 is 0. The molecule has 0 bridgehead atoms. The first-order valence-corrected chi connectivity index (χ1v) is 14.2. The number of aliphatic hydroxyl groups excluding tert-OH is 1. The van der Waals surface area contributed by atoms with Crippen LogP contribution in [0, 0.1) is 34.4 Å². The number of halogens is 1. The number of fused-ring (bicyclic) bond motifs is 7. The Balaban J connectivity index is 1.34. The smallest absolute Gasteiger partial charge is 0.205 e. The van der Waals surface area contributed by atoms with Crippen molar-refractivity contribution in [2.75, 3.05) is 12.3 Å². The van der Waals surface area contributed by atoms with Crippen molar-refractivity contribution in [2.45, 2.75) is 83.4 Å². The van der Waals surface area contributed by atoms with E-state index in [1.54, 1.807) is 12.2 Å². The predicted molar refractivity (Wildman–Crippen MR) is 142 cm³/mol. The number of nitrogens with two attached hydrogens (primary N) is 1. The van der Waals surface area contributed by atoms with E-state index in [9.17, 15) is 19.1 Å². The molecule has 4 aliphatic carbocycles. The monoisotopic (exact) mass is 539 g/mol. The van der Waals surface area contributed by atoms with E-state index >= 15 is 0 Å². The summed E-state index contributed by atoms with van der Waals surface area (Å²) in [5, 5.41) is 11.8.